The van der Waals surface area contributed by atoms with Gasteiger partial charge in [-0.1, -0.05) is 24.3 Å². The van der Waals surface area contributed by atoms with Gasteiger partial charge in [0, 0.05) is 23.9 Å². The Hall–Kier alpha value is -2.97. The van der Waals surface area contributed by atoms with E-state index in [0.29, 0.717) is 18.8 Å². The third kappa shape index (κ3) is 5.03. The quantitative estimate of drug-likeness (QED) is 0.527. The van der Waals surface area contributed by atoms with E-state index in [0.717, 1.165) is 35.9 Å². The molecule has 0 spiro atoms. The number of nitrogens with zero attached hydrogens (tertiary/aromatic N) is 2. The molecule has 2 aromatic heterocycles. The Morgan fingerprint density at radius 2 is 2.13 bits per heavy atom. The minimum atomic E-state index is -0.652. The van der Waals surface area contributed by atoms with Crippen LogP contribution in [-0.2, 0) is 22.6 Å². The molecule has 162 valence electrons. The standard InChI is InChI=1S/C23H27N5O2S/c1-28-10-4-6-19(28)23(30)27-18(11-16-14-31-20-7-3-2-5-17(16)20)22(29)26-13-15-8-9-21(24)25-12-15/h2-3,5,7-9,12,14,18-19H,4,6,10-11,13H2,1H3,(H2,24,25)(H,26,29)(H,27,30)/t18-,19?/m0/s1. The highest BCUT2D eigenvalue weighted by molar-refractivity contribution is 7.17. The van der Waals surface area contributed by atoms with Crippen LogP contribution in [0.25, 0.3) is 10.1 Å². The molecule has 2 atom stereocenters. The molecule has 4 N–H and O–H groups in total. The van der Waals surface area contributed by atoms with Crippen LogP contribution in [0, 0.1) is 0 Å². The van der Waals surface area contributed by atoms with Gasteiger partial charge >= 0.3 is 0 Å². The van der Waals surface area contributed by atoms with Crippen molar-refractivity contribution in [2.45, 2.75) is 37.9 Å². The summed E-state index contributed by atoms with van der Waals surface area (Å²) in [5.74, 6) is 0.139. The van der Waals surface area contributed by atoms with Crippen molar-refractivity contribution in [3.05, 3.63) is 59.1 Å². The lowest BCUT2D eigenvalue weighted by Crippen LogP contribution is -2.52. The topological polar surface area (TPSA) is 100 Å². The van der Waals surface area contributed by atoms with Crippen molar-refractivity contribution in [2.75, 3.05) is 19.3 Å². The lowest BCUT2D eigenvalue weighted by Gasteiger charge is -2.23. The van der Waals surface area contributed by atoms with Crippen LogP contribution in [-0.4, -0.2) is 47.4 Å². The fraction of sp³-hybridized carbons (Fsp3) is 0.348. The number of carbonyl (C=O) groups is 2. The molecule has 0 bridgehead atoms. The molecule has 7 nitrogen and oxygen atoms in total. The molecule has 1 fully saturated rings. The molecule has 3 heterocycles. The molecule has 1 aliphatic heterocycles. The van der Waals surface area contributed by atoms with Crippen LogP contribution >= 0.6 is 11.3 Å². The van der Waals surface area contributed by atoms with E-state index in [2.05, 4.69) is 33.1 Å². The smallest absolute Gasteiger partial charge is 0.243 e. The SMILES string of the molecule is CN1CCCC1C(=O)N[C@@H](Cc1csc2ccccc12)C(=O)NCc1ccc(N)nc1. The highest BCUT2D eigenvalue weighted by Crippen LogP contribution is 2.27. The third-order valence-electron chi connectivity index (χ3n) is 5.76. The Kier molecular flexibility index (Phi) is 6.48. The van der Waals surface area contributed by atoms with Crippen LogP contribution in [0.15, 0.2) is 48.0 Å². The fourth-order valence-corrected chi connectivity index (χ4v) is 4.96. The van der Waals surface area contributed by atoms with E-state index in [9.17, 15) is 9.59 Å². The number of benzene rings is 1. The number of hydrogen-bond acceptors (Lipinski definition) is 6. The number of aromatic nitrogens is 1. The number of hydrogen-bond donors (Lipinski definition) is 3. The number of nitrogens with two attached hydrogens (primary N) is 1. The van der Waals surface area contributed by atoms with Gasteiger partial charge in [-0.3, -0.25) is 14.5 Å². The molecular formula is C23H27N5O2S. The van der Waals surface area contributed by atoms with Crippen molar-refractivity contribution in [1.29, 1.82) is 0 Å². The molecule has 8 heteroatoms. The zero-order chi connectivity index (χ0) is 21.8. The molecule has 0 aliphatic carbocycles. The molecule has 0 saturated carbocycles. The Balaban J connectivity index is 1.50. The van der Waals surface area contributed by atoms with Gasteiger partial charge < -0.3 is 16.4 Å². The van der Waals surface area contributed by atoms with Crippen LogP contribution in [0.1, 0.15) is 24.0 Å². The lowest BCUT2D eigenvalue weighted by atomic mass is 10.0. The number of likely N-dealkylation sites (N-methyl/N-ethyl adjacent to an activating group) is 1. The number of carbonyl (C=O) groups excluding carboxylic acids is 2. The van der Waals surface area contributed by atoms with Crippen LogP contribution < -0.4 is 16.4 Å². The highest BCUT2D eigenvalue weighted by Gasteiger charge is 2.31. The van der Waals surface area contributed by atoms with E-state index in [1.807, 2.05) is 30.1 Å². The van der Waals surface area contributed by atoms with Crippen molar-refractivity contribution >= 4 is 39.1 Å². The molecule has 1 aliphatic rings. The summed E-state index contributed by atoms with van der Waals surface area (Å²) in [6.07, 6.45) is 3.89. The maximum Gasteiger partial charge on any atom is 0.243 e. The van der Waals surface area contributed by atoms with Gasteiger partial charge in [0.1, 0.15) is 11.9 Å². The second-order valence-electron chi connectivity index (χ2n) is 7.97. The molecule has 2 amide bonds. The van der Waals surface area contributed by atoms with E-state index >= 15 is 0 Å². The Morgan fingerprint density at radius 3 is 2.87 bits per heavy atom. The van der Waals surface area contributed by atoms with E-state index < -0.39 is 6.04 Å². The third-order valence-corrected chi connectivity index (χ3v) is 6.77. The van der Waals surface area contributed by atoms with Gasteiger partial charge in [0.15, 0.2) is 0 Å². The number of nitrogen functional groups attached to an aromatic ring is 1. The predicted molar refractivity (Wildman–Crippen MR) is 124 cm³/mol. The Labute approximate surface area is 185 Å². The number of pyridine rings is 1. The normalized spacial score (nSPS) is 17.5. The number of nitrogens with one attached hydrogen (secondary N) is 2. The zero-order valence-electron chi connectivity index (χ0n) is 17.5. The Morgan fingerprint density at radius 1 is 1.29 bits per heavy atom. The van der Waals surface area contributed by atoms with Crippen molar-refractivity contribution in [2.24, 2.45) is 0 Å². The van der Waals surface area contributed by atoms with Gasteiger partial charge in [-0.25, -0.2) is 4.98 Å². The monoisotopic (exact) mass is 437 g/mol. The van der Waals surface area contributed by atoms with Crippen LogP contribution in [0.5, 0.6) is 0 Å². The summed E-state index contributed by atoms with van der Waals surface area (Å²) in [6, 6.07) is 10.8. The van der Waals surface area contributed by atoms with Crippen molar-refractivity contribution in [1.82, 2.24) is 20.5 Å². The number of likely N-dealkylation sites (tertiary alicyclic amines) is 1. The van der Waals surface area contributed by atoms with E-state index in [1.54, 1.807) is 23.6 Å². The summed E-state index contributed by atoms with van der Waals surface area (Å²) in [5.41, 5.74) is 7.54. The summed E-state index contributed by atoms with van der Waals surface area (Å²) in [4.78, 5) is 32.1. The molecular weight excluding hydrogens is 410 g/mol. The minimum absolute atomic E-state index is 0.0890. The van der Waals surface area contributed by atoms with Gasteiger partial charge in [-0.15, -0.1) is 11.3 Å². The summed E-state index contributed by atoms with van der Waals surface area (Å²) in [5, 5.41) is 9.15. The number of fused-ring (bicyclic) bond motifs is 1. The molecule has 1 aromatic carbocycles. The summed E-state index contributed by atoms with van der Waals surface area (Å²) < 4.78 is 1.17. The number of anilines is 1. The first kappa shape index (κ1) is 21.3. The van der Waals surface area contributed by atoms with Crippen LogP contribution in [0.2, 0.25) is 0 Å². The van der Waals surface area contributed by atoms with E-state index in [-0.39, 0.29) is 17.9 Å². The van der Waals surface area contributed by atoms with Crippen LogP contribution in [0.3, 0.4) is 0 Å². The first-order chi connectivity index (χ1) is 15.0. The summed E-state index contributed by atoms with van der Waals surface area (Å²) in [6.45, 7) is 1.22. The van der Waals surface area contributed by atoms with Crippen molar-refractivity contribution < 1.29 is 9.59 Å². The predicted octanol–water partition coefficient (Wildman–Crippen LogP) is 2.32. The first-order valence-electron chi connectivity index (χ1n) is 10.4. The average Bonchev–Trinajstić information content (AvgIpc) is 3.39. The molecule has 0 radical (unpaired) electrons. The number of rotatable bonds is 7. The largest absolute Gasteiger partial charge is 0.384 e. The highest BCUT2D eigenvalue weighted by atomic mass is 32.1. The maximum atomic E-state index is 13.1. The second kappa shape index (κ2) is 9.45. The first-order valence-corrected chi connectivity index (χ1v) is 11.3. The van der Waals surface area contributed by atoms with Gasteiger partial charge in [-0.2, -0.15) is 0 Å². The molecule has 31 heavy (non-hydrogen) atoms. The van der Waals surface area contributed by atoms with E-state index in [1.165, 1.54) is 4.70 Å². The molecule has 1 saturated heterocycles. The fourth-order valence-electron chi connectivity index (χ4n) is 3.98. The zero-order valence-corrected chi connectivity index (χ0v) is 18.3. The summed E-state index contributed by atoms with van der Waals surface area (Å²) >= 11 is 1.65. The average molecular weight is 438 g/mol. The van der Waals surface area contributed by atoms with Gasteiger partial charge in [0.05, 0.1) is 6.04 Å². The van der Waals surface area contributed by atoms with Gasteiger partial charge in [0.25, 0.3) is 0 Å². The maximum absolute atomic E-state index is 13.1. The van der Waals surface area contributed by atoms with Gasteiger partial charge in [0.2, 0.25) is 11.8 Å². The minimum Gasteiger partial charge on any atom is -0.384 e. The van der Waals surface area contributed by atoms with Crippen molar-refractivity contribution in [3.63, 3.8) is 0 Å². The Bertz CT molecular complexity index is 1070. The van der Waals surface area contributed by atoms with Crippen LogP contribution in [0.4, 0.5) is 5.82 Å². The van der Waals surface area contributed by atoms with Gasteiger partial charge in [-0.05, 0) is 60.5 Å². The number of amides is 2. The lowest BCUT2D eigenvalue weighted by molar-refractivity contribution is -0.131. The molecule has 4 rings (SSSR count). The number of thiophene rings is 1. The second-order valence-corrected chi connectivity index (χ2v) is 8.88. The molecule has 3 aromatic rings. The summed E-state index contributed by atoms with van der Waals surface area (Å²) in [7, 11) is 1.95. The van der Waals surface area contributed by atoms with Crippen molar-refractivity contribution in [3.8, 4) is 0 Å². The van der Waals surface area contributed by atoms with E-state index in [4.69, 9.17) is 5.73 Å². The molecule has 1 unspecified atom stereocenters.